The lowest BCUT2D eigenvalue weighted by Crippen LogP contribution is -2.06. The Kier molecular flexibility index (Phi) is 4.53. The number of allylic oxidation sites excluding steroid dienone is 1. The average molecular weight is 269 g/mol. The van der Waals surface area contributed by atoms with E-state index in [1.807, 2.05) is 18.2 Å². The van der Waals surface area contributed by atoms with Crippen LogP contribution in [0, 0.1) is 5.92 Å². The molecule has 1 saturated carbocycles. The summed E-state index contributed by atoms with van der Waals surface area (Å²) in [5, 5.41) is 1.27. The Balaban J connectivity index is 2.07. The molecule has 0 nitrogen and oxygen atoms in total. The molecule has 0 amide bonds. The van der Waals surface area contributed by atoms with E-state index in [2.05, 4.69) is 13.0 Å². The van der Waals surface area contributed by atoms with Gasteiger partial charge in [-0.15, -0.1) is 0 Å². The van der Waals surface area contributed by atoms with Crippen LogP contribution < -0.4 is 0 Å². The lowest BCUT2D eigenvalue weighted by molar-refractivity contribution is 0.399. The third kappa shape index (κ3) is 3.50. The minimum atomic E-state index is 0.628. The first-order valence-corrected chi connectivity index (χ1v) is 7.09. The van der Waals surface area contributed by atoms with Crippen molar-refractivity contribution in [2.24, 2.45) is 5.92 Å². The molecule has 92 valence electrons. The zero-order chi connectivity index (χ0) is 12.3. The van der Waals surface area contributed by atoms with E-state index in [9.17, 15) is 0 Å². The third-order valence-corrected chi connectivity index (χ3v) is 4.38. The van der Waals surface area contributed by atoms with Gasteiger partial charge < -0.3 is 0 Å². The number of halogens is 2. The molecule has 1 aromatic carbocycles. The molecule has 1 aliphatic rings. The van der Waals surface area contributed by atoms with E-state index < -0.39 is 0 Å². The summed E-state index contributed by atoms with van der Waals surface area (Å²) in [7, 11) is 0. The highest BCUT2D eigenvalue weighted by Crippen LogP contribution is 2.32. The molecule has 0 bridgehead atoms. The fourth-order valence-corrected chi connectivity index (χ4v) is 2.75. The van der Waals surface area contributed by atoms with Crippen LogP contribution in [0.1, 0.15) is 44.6 Å². The lowest BCUT2D eigenvalue weighted by atomic mass is 9.84. The fourth-order valence-electron chi connectivity index (χ4n) is 2.44. The second-order valence-electron chi connectivity index (χ2n) is 4.83. The second-order valence-corrected chi connectivity index (χ2v) is 5.64. The van der Waals surface area contributed by atoms with Gasteiger partial charge in [-0.25, -0.2) is 0 Å². The van der Waals surface area contributed by atoms with Crippen molar-refractivity contribution in [3.8, 4) is 0 Å². The number of hydrogen-bond acceptors (Lipinski definition) is 0. The van der Waals surface area contributed by atoms with E-state index in [4.69, 9.17) is 23.2 Å². The van der Waals surface area contributed by atoms with E-state index in [-0.39, 0.29) is 0 Å². The van der Waals surface area contributed by atoms with Gasteiger partial charge in [0.15, 0.2) is 0 Å². The Morgan fingerprint density at radius 1 is 1.18 bits per heavy atom. The fraction of sp³-hybridized carbons (Fsp3) is 0.467. The van der Waals surface area contributed by atoms with Gasteiger partial charge in [-0.1, -0.05) is 54.3 Å². The minimum absolute atomic E-state index is 0.628. The molecule has 0 heterocycles. The molecule has 0 unspecified atom stereocenters. The first kappa shape index (κ1) is 13.0. The van der Waals surface area contributed by atoms with E-state index in [0.717, 1.165) is 5.92 Å². The molecule has 1 fully saturated rings. The van der Waals surface area contributed by atoms with Gasteiger partial charge >= 0.3 is 0 Å². The summed E-state index contributed by atoms with van der Waals surface area (Å²) in [4.78, 5) is 0. The van der Waals surface area contributed by atoms with Gasteiger partial charge in [0.2, 0.25) is 0 Å². The zero-order valence-electron chi connectivity index (χ0n) is 10.2. The van der Waals surface area contributed by atoms with Gasteiger partial charge in [0.05, 0.1) is 10.0 Å². The minimum Gasteiger partial charge on any atom is -0.0827 e. The average Bonchev–Trinajstić information content (AvgIpc) is 2.35. The predicted octanol–water partition coefficient (Wildman–Crippen LogP) is 5.98. The summed E-state index contributed by atoms with van der Waals surface area (Å²) in [5.41, 5.74) is 2.72. The van der Waals surface area contributed by atoms with Gasteiger partial charge in [0.1, 0.15) is 0 Å². The first-order chi connectivity index (χ1) is 8.19. The molecule has 0 saturated heterocycles. The van der Waals surface area contributed by atoms with Crippen LogP contribution in [-0.4, -0.2) is 0 Å². The summed E-state index contributed by atoms with van der Waals surface area (Å²) in [6.07, 6.45) is 8.74. The van der Waals surface area contributed by atoms with E-state index >= 15 is 0 Å². The highest BCUT2D eigenvalue weighted by Gasteiger charge is 2.14. The van der Waals surface area contributed by atoms with Crippen LogP contribution in [0.5, 0.6) is 0 Å². The molecular formula is C15H18Cl2. The van der Waals surface area contributed by atoms with Crippen molar-refractivity contribution < 1.29 is 0 Å². The SMILES string of the molecule is CCC1CCC(=Cc2ccc(Cl)c(Cl)c2)CC1. The lowest BCUT2D eigenvalue weighted by Gasteiger charge is -2.22. The molecular weight excluding hydrogens is 251 g/mol. The Morgan fingerprint density at radius 2 is 1.88 bits per heavy atom. The largest absolute Gasteiger partial charge is 0.0827 e. The first-order valence-electron chi connectivity index (χ1n) is 6.33. The van der Waals surface area contributed by atoms with Gasteiger partial charge in [0.25, 0.3) is 0 Å². The van der Waals surface area contributed by atoms with Crippen LogP contribution in [0.25, 0.3) is 6.08 Å². The van der Waals surface area contributed by atoms with Gasteiger partial charge in [-0.2, -0.15) is 0 Å². The Bertz CT molecular complexity index is 411. The molecule has 0 aromatic heterocycles. The number of rotatable bonds is 2. The summed E-state index contributed by atoms with van der Waals surface area (Å²) in [6, 6.07) is 5.85. The Morgan fingerprint density at radius 3 is 2.47 bits per heavy atom. The normalized spacial score (nSPS) is 20.4. The summed E-state index contributed by atoms with van der Waals surface area (Å²) in [6.45, 7) is 2.29. The molecule has 2 rings (SSSR count). The number of hydrogen-bond donors (Lipinski definition) is 0. The van der Waals surface area contributed by atoms with Crippen LogP contribution in [0.4, 0.5) is 0 Å². The van der Waals surface area contributed by atoms with Crippen LogP contribution in [0.15, 0.2) is 23.8 Å². The van der Waals surface area contributed by atoms with Gasteiger partial charge in [0, 0.05) is 0 Å². The van der Waals surface area contributed by atoms with Crippen molar-refractivity contribution in [1.29, 1.82) is 0 Å². The number of benzene rings is 1. The molecule has 0 aliphatic heterocycles. The van der Waals surface area contributed by atoms with Crippen molar-refractivity contribution in [1.82, 2.24) is 0 Å². The molecule has 17 heavy (non-hydrogen) atoms. The second kappa shape index (κ2) is 5.93. The van der Waals surface area contributed by atoms with E-state index in [1.54, 1.807) is 5.57 Å². The highest BCUT2D eigenvalue weighted by atomic mass is 35.5. The molecule has 1 aliphatic carbocycles. The third-order valence-electron chi connectivity index (χ3n) is 3.64. The van der Waals surface area contributed by atoms with Crippen molar-refractivity contribution in [2.75, 3.05) is 0 Å². The smallest absolute Gasteiger partial charge is 0.0598 e. The van der Waals surface area contributed by atoms with Crippen LogP contribution in [0.2, 0.25) is 10.0 Å². The maximum Gasteiger partial charge on any atom is 0.0598 e. The molecule has 0 spiro atoms. The quantitative estimate of drug-likeness (QED) is 0.619. The predicted molar refractivity (Wildman–Crippen MR) is 76.7 cm³/mol. The van der Waals surface area contributed by atoms with Crippen LogP contribution in [0.3, 0.4) is 0 Å². The van der Waals surface area contributed by atoms with E-state index in [1.165, 1.54) is 37.7 Å². The monoisotopic (exact) mass is 268 g/mol. The highest BCUT2D eigenvalue weighted by molar-refractivity contribution is 6.42. The maximum atomic E-state index is 6.02. The van der Waals surface area contributed by atoms with Crippen molar-refractivity contribution in [2.45, 2.75) is 39.0 Å². The topological polar surface area (TPSA) is 0 Å². The summed E-state index contributed by atoms with van der Waals surface area (Å²) in [5.74, 6) is 0.931. The molecule has 0 radical (unpaired) electrons. The molecule has 0 N–H and O–H groups in total. The Hall–Kier alpha value is -0.460. The van der Waals surface area contributed by atoms with Crippen LogP contribution >= 0.6 is 23.2 Å². The van der Waals surface area contributed by atoms with Crippen molar-refractivity contribution >= 4 is 29.3 Å². The standard InChI is InChI=1S/C15H18Cl2/c1-2-11-3-5-12(6-4-11)9-13-7-8-14(16)15(17)10-13/h7-11H,2-6H2,1H3. The van der Waals surface area contributed by atoms with Crippen LogP contribution in [-0.2, 0) is 0 Å². The van der Waals surface area contributed by atoms with Gasteiger partial charge in [-0.3, -0.25) is 0 Å². The molecule has 2 heteroatoms. The van der Waals surface area contributed by atoms with Gasteiger partial charge in [-0.05, 0) is 49.3 Å². The summed E-state index contributed by atoms with van der Waals surface area (Å²) >= 11 is 11.9. The van der Waals surface area contributed by atoms with Crippen molar-refractivity contribution in [3.05, 3.63) is 39.4 Å². The van der Waals surface area contributed by atoms with E-state index in [0.29, 0.717) is 10.0 Å². The molecule has 0 atom stereocenters. The Labute approximate surface area is 114 Å². The van der Waals surface area contributed by atoms with Crippen molar-refractivity contribution in [3.63, 3.8) is 0 Å². The maximum absolute atomic E-state index is 6.02. The zero-order valence-corrected chi connectivity index (χ0v) is 11.7. The summed E-state index contributed by atoms with van der Waals surface area (Å²) < 4.78 is 0. The molecule has 1 aromatic rings.